The van der Waals surface area contributed by atoms with E-state index in [2.05, 4.69) is 27.6 Å². The molecular weight excluding hydrogens is 465 g/mol. The summed E-state index contributed by atoms with van der Waals surface area (Å²) in [4.78, 5) is -0.251. The molecule has 1 fully saturated rings. The molecule has 2 N–H and O–H groups in total. The Balaban J connectivity index is 1.88. The molecule has 2 aromatic carbocycles. The van der Waals surface area contributed by atoms with Crippen LogP contribution in [0, 0.1) is 5.92 Å². The highest BCUT2D eigenvalue weighted by Gasteiger charge is 2.31. The van der Waals surface area contributed by atoms with Gasteiger partial charge in [0.05, 0.1) is 10.0 Å². The van der Waals surface area contributed by atoms with Crippen molar-refractivity contribution < 1.29 is 18.3 Å². The minimum Gasteiger partial charge on any atom is -0.507 e. The first kappa shape index (κ1) is 19.8. The van der Waals surface area contributed by atoms with Crippen molar-refractivity contribution in [1.82, 2.24) is 4.72 Å². The number of sulfonamides is 1. The van der Waals surface area contributed by atoms with E-state index < -0.39 is 10.0 Å². The fourth-order valence-corrected chi connectivity index (χ4v) is 5.46. The van der Waals surface area contributed by atoms with E-state index in [1.165, 1.54) is 18.2 Å². The van der Waals surface area contributed by atoms with Crippen LogP contribution in [0.15, 0.2) is 39.7 Å². The molecule has 0 heterocycles. The molecule has 0 aliphatic heterocycles. The summed E-state index contributed by atoms with van der Waals surface area (Å²) in [6.07, 6.45) is 1.56. The van der Waals surface area contributed by atoms with Crippen molar-refractivity contribution in [3.63, 3.8) is 0 Å². The minimum absolute atomic E-state index is 0.116. The second kappa shape index (κ2) is 7.56. The molecule has 0 aromatic heterocycles. The number of ether oxygens (including phenoxy) is 1. The van der Waals surface area contributed by atoms with Crippen LogP contribution in [-0.4, -0.2) is 19.6 Å². The topological polar surface area (TPSA) is 75.6 Å². The van der Waals surface area contributed by atoms with Gasteiger partial charge >= 0.3 is 0 Å². The Morgan fingerprint density at radius 1 is 1.19 bits per heavy atom. The molecule has 0 saturated heterocycles. The van der Waals surface area contributed by atoms with Crippen LogP contribution in [0.5, 0.6) is 17.2 Å². The largest absolute Gasteiger partial charge is 0.507 e. The molecular formula is C17H16BrCl2NO4S. The lowest BCUT2D eigenvalue weighted by Crippen LogP contribution is -2.43. The van der Waals surface area contributed by atoms with Gasteiger partial charge in [0.1, 0.15) is 16.4 Å². The average molecular weight is 481 g/mol. The maximum Gasteiger partial charge on any atom is 0.244 e. The molecule has 3 rings (SSSR count). The minimum atomic E-state index is -3.87. The molecule has 0 amide bonds. The molecule has 0 atom stereocenters. The van der Waals surface area contributed by atoms with Crippen molar-refractivity contribution in [3.8, 4) is 17.2 Å². The van der Waals surface area contributed by atoms with Crippen molar-refractivity contribution >= 4 is 49.2 Å². The second-order valence-electron chi connectivity index (χ2n) is 6.32. The molecule has 1 aliphatic rings. The Hall–Kier alpha value is -0.990. The highest BCUT2D eigenvalue weighted by molar-refractivity contribution is 9.10. The molecule has 26 heavy (non-hydrogen) atoms. The van der Waals surface area contributed by atoms with E-state index >= 15 is 0 Å². The molecule has 140 valence electrons. The zero-order valence-electron chi connectivity index (χ0n) is 13.7. The lowest BCUT2D eigenvalue weighted by molar-refractivity contribution is 0.270. The third-order valence-corrected chi connectivity index (χ3v) is 6.67. The number of aromatic hydroxyl groups is 1. The van der Waals surface area contributed by atoms with E-state index in [0.717, 1.165) is 12.8 Å². The van der Waals surface area contributed by atoms with Gasteiger partial charge in [-0.25, -0.2) is 13.1 Å². The molecule has 1 saturated carbocycles. The number of halogens is 3. The predicted molar refractivity (Wildman–Crippen MR) is 105 cm³/mol. The maximum absolute atomic E-state index is 12.6. The van der Waals surface area contributed by atoms with Gasteiger partial charge in [0.25, 0.3) is 0 Å². The number of phenols is 1. The van der Waals surface area contributed by atoms with Crippen LogP contribution in [0.3, 0.4) is 0 Å². The monoisotopic (exact) mass is 479 g/mol. The summed E-state index contributed by atoms with van der Waals surface area (Å²) in [5.74, 6) is 0.528. The standard InChI is InChI=1S/C17H16BrCl2NO4S/c1-9-4-11(5-9)21-26(23,24)16-8-12(2-3-15(16)22)25-17-13(19)6-10(18)7-14(17)20/h2-3,6-9,11,21-22H,4-5H2,1H3. The van der Waals surface area contributed by atoms with E-state index in [4.69, 9.17) is 27.9 Å². The Bertz CT molecular complexity index is 923. The highest BCUT2D eigenvalue weighted by atomic mass is 79.9. The summed E-state index contributed by atoms with van der Waals surface area (Å²) in [5, 5.41) is 10.5. The van der Waals surface area contributed by atoms with E-state index in [9.17, 15) is 13.5 Å². The molecule has 5 nitrogen and oxygen atoms in total. The third-order valence-electron chi connectivity index (χ3n) is 4.10. The fraction of sp³-hybridized carbons (Fsp3) is 0.294. The van der Waals surface area contributed by atoms with Gasteiger partial charge in [0.2, 0.25) is 10.0 Å². The van der Waals surface area contributed by atoms with Gasteiger partial charge in [-0.1, -0.05) is 46.1 Å². The van der Waals surface area contributed by atoms with Gasteiger partial charge in [-0.2, -0.15) is 0 Å². The Morgan fingerprint density at radius 2 is 1.81 bits per heavy atom. The van der Waals surface area contributed by atoms with Crippen LogP contribution in [0.2, 0.25) is 10.0 Å². The number of nitrogens with one attached hydrogen (secondary N) is 1. The quantitative estimate of drug-likeness (QED) is 0.606. The molecule has 1 aliphatic carbocycles. The van der Waals surface area contributed by atoms with Gasteiger partial charge in [-0.3, -0.25) is 0 Å². The normalized spacial score (nSPS) is 19.8. The van der Waals surface area contributed by atoms with Crippen molar-refractivity contribution in [1.29, 1.82) is 0 Å². The van der Waals surface area contributed by atoms with Crippen LogP contribution in [0.1, 0.15) is 19.8 Å². The number of phenolic OH excluding ortho intramolecular Hbond substituents is 1. The van der Waals surface area contributed by atoms with Crippen molar-refractivity contribution in [2.24, 2.45) is 5.92 Å². The number of rotatable bonds is 5. The Kier molecular flexibility index (Phi) is 5.75. The van der Waals surface area contributed by atoms with Crippen molar-refractivity contribution in [2.45, 2.75) is 30.7 Å². The van der Waals surface area contributed by atoms with Gasteiger partial charge in [0.15, 0.2) is 5.75 Å². The maximum atomic E-state index is 12.6. The summed E-state index contributed by atoms with van der Waals surface area (Å²) in [7, 11) is -3.87. The average Bonchev–Trinajstić information content (AvgIpc) is 2.50. The summed E-state index contributed by atoms with van der Waals surface area (Å²) >= 11 is 15.5. The summed E-state index contributed by atoms with van der Waals surface area (Å²) in [5.41, 5.74) is 0. The molecule has 0 bridgehead atoms. The van der Waals surface area contributed by atoms with Crippen molar-refractivity contribution in [2.75, 3.05) is 0 Å². The van der Waals surface area contributed by atoms with E-state index in [1.807, 2.05) is 0 Å². The zero-order chi connectivity index (χ0) is 19.1. The predicted octanol–water partition coefficient (Wildman–Crippen LogP) is 5.33. The van der Waals surface area contributed by atoms with Crippen LogP contribution in [0.25, 0.3) is 0 Å². The van der Waals surface area contributed by atoms with Crippen molar-refractivity contribution in [3.05, 3.63) is 44.8 Å². The highest BCUT2D eigenvalue weighted by Crippen LogP contribution is 2.40. The fourth-order valence-electron chi connectivity index (χ4n) is 2.80. The van der Waals surface area contributed by atoms with Gasteiger partial charge in [-0.15, -0.1) is 0 Å². The lowest BCUT2D eigenvalue weighted by atomic mass is 9.83. The van der Waals surface area contributed by atoms with E-state index in [-0.39, 0.29) is 38.2 Å². The zero-order valence-corrected chi connectivity index (χ0v) is 17.6. The number of hydrogen-bond acceptors (Lipinski definition) is 4. The van der Waals surface area contributed by atoms with Crippen LogP contribution in [0.4, 0.5) is 0 Å². The van der Waals surface area contributed by atoms with E-state index in [0.29, 0.717) is 10.4 Å². The van der Waals surface area contributed by atoms with Gasteiger partial charge in [0, 0.05) is 16.6 Å². The van der Waals surface area contributed by atoms with Crippen LogP contribution in [-0.2, 0) is 10.0 Å². The Morgan fingerprint density at radius 3 is 2.38 bits per heavy atom. The molecule has 0 spiro atoms. The lowest BCUT2D eigenvalue weighted by Gasteiger charge is -2.32. The first-order chi connectivity index (χ1) is 12.2. The van der Waals surface area contributed by atoms with Crippen LogP contribution < -0.4 is 9.46 Å². The van der Waals surface area contributed by atoms with E-state index in [1.54, 1.807) is 12.1 Å². The first-order valence-corrected chi connectivity index (χ1v) is 10.9. The Labute approximate surface area is 170 Å². The third kappa shape index (κ3) is 4.28. The number of benzene rings is 2. The molecule has 0 radical (unpaired) electrons. The molecule has 9 heteroatoms. The number of hydrogen-bond donors (Lipinski definition) is 2. The SMILES string of the molecule is CC1CC(NS(=O)(=O)c2cc(Oc3c(Cl)cc(Br)cc3Cl)ccc2O)C1. The van der Waals surface area contributed by atoms with Crippen LogP contribution >= 0.6 is 39.1 Å². The summed E-state index contributed by atoms with van der Waals surface area (Å²) in [6.45, 7) is 2.06. The summed E-state index contributed by atoms with van der Waals surface area (Å²) in [6, 6.07) is 7.05. The summed E-state index contributed by atoms with van der Waals surface area (Å²) < 4.78 is 34.1. The smallest absolute Gasteiger partial charge is 0.244 e. The van der Waals surface area contributed by atoms with Gasteiger partial charge < -0.3 is 9.84 Å². The van der Waals surface area contributed by atoms with Gasteiger partial charge in [-0.05, 0) is 43.0 Å². The molecule has 0 unspecified atom stereocenters. The molecule has 2 aromatic rings. The second-order valence-corrected chi connectivity index (χ2v) is 9.74. The first-order valence-electron chi connectivity index (χ1n) is 7.83.